The summed E-state index contributed by atoms with van der Waals surface area (Å²) < 4.78 is 0. The summed E-state index contributed by atoms with van der Waals surface area (Å²) >= 11 is 5.93. The Morgan fingerprint density at radius 1 is 1.30 bits per heavy atom. The Bertz CT molecular complexity index is 417. The Morgan fingerprint density at radius 3 is 2.40 bits per heavy atom. The zero-order chi connectivity index (χ0) is 15.1. The Morgan fingerprint density at radius 2 is 1.90 bits per heavy atom. The van der Waals surface area contributed by atoms with Crippen LogP contribution in [0.25, 0.3) is 0 Å². The van der Waals surface area contributed by atoms with Crippen molar-refractivity contribution in [3.63, 3.8) is 0 Å². The SMILES string of the molecule is CCC(C)C(=O)NC(CCN(C)C)c1ccc(Cl)cc1. The zero-order valence-corrected chi connectivity index (χ0v) is 13.6. The van der Waals surface area contributed by atoms with E-state index in [1.807, 2.05) is 52.2 Å². The molecule has 1 amide bonds. The molecule has 3 nitrogen and oxygen atoms in total. The van der Waals surface area contributed by atoms with Gasteiger partial charge in [-0.1, -0.05) is 37.6 Å². The van der Waals surface area contributed by atoms with Gasteiger partial charge in [0, 0.05) is 10.9 Å². The van der Waals surface area contributed by atoms with Crippen LogP contribution in [-0.4, -0.2) is 31.4 Å². The minimum atomic E-state index is 0.0381. The fourth-order valence-corrected chi connectivity index (χ4v) is 2.03. The lowest BCUT2D eigenvalue weighted by atomic mass is 10.0. The third-order valence-corrected chi connectivity index (χ3v) is 3.77. The van der Waals surface area contributed by atoms with Crippen LogP contribution in [0.1, 0.15) is 38.3 Å². The summed E-state index contributed by atoms with van der Waals surface area (Å²) in [5.41, 5.74) is 1.10. The maximum absolute atomic E-state index is 12.1. The number of amides is 1. The fourth-order valence-electron chi connectivity index (χ4n) is 1.90. The van der Waals surface area contributed by atoms with Crippen LogP contribution in [0.3, 0.4) is 0 Å². The van der Waals surface area contributed by atoms with Gasteiger partial charge < -0.3 is 10.2 Å². The molecule has 0 radical (unpaired) electrons. The van der Waals surface area contributed by atoms with Gasteiger partial charge in [-0.25, -0.2) is 0 Å². The average Bonchev–Trinajstić information content (AvgIpc) is 2.43. The first-order chi connectivity index (χ1) is 9.43. The second kappa shape index (κ2) is 8.28. The van der Waals surface area contributed by atoms with E-state index in [-0.39, 0.29) is 17.9 Å². The lowest BCUT2D eigenvalue weighted by Gasteiger charge is -2.23. The molecule has 0 fully saturated rings. The van der Waals surface area contributed by atoms with E-state index in [9.17, 15) is 4.79 Å². The predicted octanol–water partition coefficient (Wildman–Crippen LogP) is 3.50. The van der Waals surface area contributed by atoms with Crippen LogP contribution in [0.15, 0.2) is 24.3 Å². The number of carbonyl (C=O) groups is 1. The Kier molecular flexibility index (Phi) is 7.03. The second-order valence-corrected chi connectivity index (χ2v) is 5.95. The third-order valence-electron chi connectivity index (χ3n) is 3.51. The highest BCUT2D eigenvalue weighted by molar-refractivity contribution is 6.30. The first kappa shape index (κ1) is 17.0. The van der Waals surface area contributed by atoms with E-state index < -0.39 is 0 Å². The van der Waals surface area contributed by atoms with E-state index in [0.29, 0.717) is 5.02 Å². The summed E-state index contributed by atoms with van der Waals surface area (Å²) in [7, 11) is 4.07. The molecule has 112 valence electrons. The number of carbonyl (C=O) groups excluding carboxylic acids is 1. The molecule has 0 aromatic heterocycles. The molecule has 0 saturated heterocycles. The molecule has 0 aliphatic rings. The minimum Gasteiger partial charge on any atom is -0.349 e. The summed E-state index contributed by atoms with van der Waals surface area (Å²) in [6.07, 6.45) is 1.74. The van der Waals surface area contributed by atoms with Gasteiger partial charge in [0.05, 0.1) is 6.04 Å². The van der Waals surface area contributed by atoms with Gasteiger partial charge in [-0.2, -0.15) is 0 Å². The van der Waals surface area contributed by atoms with E-state index in [0.717, 1.165) is 24.9 Å². The van der Waals surface area contributed by atoms with E-state index >= 15 is 0 Å². The van der Waals surface area contributed by atoms with Crippen molar-refractivity contribution in [2.45, 2.75) is 32.7 Å². The van der Waals surface area contributed by atoms with Gasteiger partial charge in [0.2, 0.25) is 5.91 Å². The smallest absolute Gasteiger partial charge is 0.223 e. The standard InChI is InChI=1S/C16H25ClN2O/c1-5-12(2)16(20)18-15(10-11-19(3)4)13-6-8-14(17)9-7-13/h6-9,12,15H,5,10-11H2,1-4H3,(H,18,20). The van der Waals surface area contributed by atoms with Gasteiger partial charge in [0.1, 0.15) is 0 Å². The first-order valence-corrected chi connectivity index (χ1v) is 7.52. The van der Waals surface area contributed by atoms with E-state index in [2.05, 4.69) is 10.2 Å². The Labute approximate surface area is 127 Å². The Balaban J connectivity index is 2.79. The van der Waals surface area contributed by atoms with Crippen molar-refractivity contribution in [3.8, 4) is 0 Å². The minimum absolute atomic E-state index is 0.0381. The Hall–Kier alpha value is -1.06. The summed E-state index contributed by atoms with van der Waals surface area (Å²) in [6, 6.07) is 7.75. The van der Waals surface area contributed by atoms with Crippen LogP contribution in [-0.2, 0) is 4.79 Å². The van der Waals surface area contributed by atoms with Crippen LogP contribution in [0, 0.1) is 5.92 Å². The van der Waals surface area contributed by atoms with Crippen LogP contribution in [0.4, 0.5) is 0 Å². The van der Waals surface area contributed by atoms with Crippen LogP contribution < -0.4 is 5.32 Å². The summed E-state index contributed by atoms with van der Waals surface area (Å²) in [6.45, 7) is 4.91. The molecular weight excluding hydrogens is 272 g/mol. The number of rotatable bonds is 7. The molecule has 2 unspecified atom stereocenters. The maximum atomic E-state index is 12.1. The van der Waals surface area contributed by atoms with Crippen molar-refractivity contribution in [3.05, 3.63) is 34.9 Å². The molecule has 20 heavy (non-hydrogen) atoms. The summed E-state index contributed by atoms with van der Waals surface area (Å²) in [5.74, 6) is 0.162. The number of benzene rings is 1. The van der Waals surface area contributed by atoms with Crippen molar-refractivity contribution in [2.24, 2.45) is 5.92 Å². The summed E-state index contributed by atoms with van der Waals surface area (Å²) in [4.78, 5) is 14.2. The van der Waals surface area contributed by atoms with Gasteiger partial charge in [-0.3, -0.25) is 4.79 Å². The van der Waals surface area contributed by atoms with Crippen molar-refractivity contribution in [1.82, 2.24) is 10.2 Å². The van der Waals surface area contributed by atoms with E-state index in [1.165, 1.54) is 0 Å². The van der Waals surface area contributed by atoms with Crippen molar-refractivity contribution < 1.29 is 4.79 Å². The quantitative estimate of drug-likeness (QED) is 0.835. The largest absolute Gasteiger partial charge is 0.349 e. The molecule has 0 aliphatic heterocycles. The predicted molar refractivity (Wildman–Crippen MR) is 85.0 cm³/mol. The number of nitrogens with one attached hydrogen (secondary N) is 1. The normalized spacial score (nSPS) is 14.1. The molecule has 0 spiro atoms. The molecule has 0 bridgehead atoms. The zero-order valence-electron chi connectivity index (χ0n) is 12.8. The lowest BCUT2D eigenvalue weighted by molar-refractivity contribution is -0.125. The molecule has 4 heteroatoms. The monoisotopic (exact) mass is 296 g/mol. The van der Waals surface area contributed by atoms with Crippen molar-refractivity contribution >= 4 is 17.5 Å². The number of hydrogen-bond donors (Lipinski definition) is 1. The molecule has 1 N–H and O–H groups in total. The highest BCUT2D eigenvalue weighted by atomic mass is 35.5. The van der Waals surface area contributed by atoms with Gasteiger partial charge in [-0.05, 0) is 51.2 Å². The van der Waals surface area contributed by atoms with Crippen LogP contribution >= 0.6 is 11.6 Å². The molecule has 1 aromatic carbocycles. The fraction of sp³-hybridized carbons (Fsp3) is 0.562. The first-order valence-electron chi connectivity index (χ1n) is 7.14. The summed E-state index contributed by atoms with van der Waals surface area (Å²) in [5, 5.41) is 3.87. The molecule has 0 heterocycles. The van der Waals surface area contributed by atoms with E-state index in [1.54, 1.807) is 0 Å². The second-order valence-electron chi connectivity index (χ2n) is 5.51. The molecule has 0 saturated carbocycles. The van der Waals surface area contributed by atoms with Crippen LogP contribution in [0.2, 0.25) is 5.02 Å². The van der Waals surface area contributed by atoms with Gasteiger partial charge >= 0.3 is 0 Å². The van der Waals surface area contributed by atoms with Gasteiger partial charge in [0.15, 0.2) is 0 Å². The molecular formula is C16H25ClN2O. The average molecular weight is 297 g/mol. The highest BCUT2D eigenvalue weighted by Crippen LogP contribution is 2.20. The van der Waals surface area contributed by atoms with Gasteiger partial charge in [-0.15, -0.1) is 0 Å². The molecule has 0 aliphatic carbocycles. The molecule has 1 aromatic rings. The topological polar surface area (TPSA) is 32.3 Å². The van der Waals surface area contributed by atoms with E-state index in [4.69, 9.17) is 11.6 Å². The van der Waals surface area contributed by atoms with Crippen molar-refractivity contribution in [2.75, 3.05) is 20.6 Å². The van der Waals surface area contributed by atoms with Crippen LogP contribution in [0.5, 0.6) is 0 Å². The molecule has 2 atom stereocenters. The maximum Gasteiger partial charge on any atom is 0.223 e. The number of hydrogen-bond acceptors (Lipinski definition) is 2. The van der Waals surface area contributed by atoms with Gasteiger partial charge in [0.25, 0.3) is 0 Å². The number of halogens is 1. The third kappa shape index (κ3) is 5.51. The highest BCUT2D eigenvalue weighted by Gasteiger charge is 2.18. The van der Waals surface area contributed by atoms with Crippen molar-refractivity contribution in [1.29, 1.82) is 0 Å². The number of nitrogens with zero attached hydrogens (tertiary/aromatic N) is 1. The molecule has 1 rings (SSSR count). The lowest BCUT2D eigenvalue weighted by Crippen LogP contribution is -2.34.